The summed E-state index contributed by atoms with van der Waals surface area (Å²) in [4.78, 5) is 13.7. The van der Waals surface area contributed by atoms with Crippen LogP contribution in [0.4, 0.5) is 4.79 Å². The summed E-state index contributed by atoms with van der Waals surface area (Å²) >= 11 is 0. The zero-order chi connectivity index (χ0) is 14.6. The Hall–Kier alpha value is -1.28. The van der Waals surface area contributed by atoms with E-state index in [-0.39, 0.29) is 0 Å². The summed E-state index contributed by atoms with van der Waals surface area (Å²) in [5.74, 6) is 0. The summed E-state index contributed by atoms with van der Waals surface area (Å²) in [5.41, 5.74) is -0.934. The molecule has 1 atom stereocenters. The Bertz CT molecular complexity index is 321. The largest absolute Gasteiger partial charge is 0.444 e. The molecule has 0 aromatic heterocycles. The fourth-order valence-electron chi connectivity index (χ4n) is 1.32. The van der Waals surface area contributed by atoms with Gasteiger partial charge in [-0.2, -0.15) is 5.26 Å². The maximum atomic E-state index is 12.1. The maximum Gasteiger partial charge on any atom is 0.410 e. The SMILES string of the molecule is CNC(C#N)CN(C(=O)OC(C)(C)C)C(C)(C)C. The molecule has 0 saturated heterocycles. The van der Waals surface area contributed by atoms with Crippen LogP contribution < -0.4 is 5.32 Å². The number of carbonyl (C=O) groups excluding carboxylic acids is 1. The van der Waals surface area contributed by atoms with E-state index in [1.807, 2.05) is 41.5 Å². The van der Waals surface area contributed by atoms with Gasteiger partial charge in [-0.25, -0.2) is 4.79 Å². The molecule has 0 aromatic rings. The van der Waals surface area contributed by atoms with Crippen LogP contribution in [0.2, 0.25) is 0 Å². The number of likely N-dealkylation sites (N-methyl/N-ethyl adjacent to an activating group) is 1. The lowest BCUT2D eigenvalue weighted by Gasteiger charge is -2.37. The molecule has 0 aromatic carbocycles. The van der Waals surface area contributed by atoms with Gasteiger partial charge in [0, 0.05) is 5.54 Å². The van der Waals surface area contributed by atoms with Crippen LogP contribution in [-0.2, 0) is 4.74 Å². The predicted molar refractivity (Wildman–Crippen MR) is 71.2 cm³/mol. The highest BCUT2D eigenvalue weighted by molar-refractivity contribution is 5.69. The van der Waals surface area contributed by atoms with Gasteiger partial charge in [-0.15, -0.1) is 0 Å². The van der Waals surface area contributed by atoms with Crippen molar-refractivity contribution in [2.75, 3.05) is 13.6 Å². The molecule has 0 radical (unpaired) electrons. The molecule has 0 rings (SSSR count). The van der Waals surface area contributed by atoms with Crippen LogP contribution in [0.25, 0.3) is 0 Å². The molecule has 1 unspecified atom stereocenters. The molecule has 0 saturated carbocycles. The summed E-state index contributed by atoms with van der Waals surface area (Å²) in [6.07, 6.45) is -0.398. The van der Waals surface area contributed by atoms with Crippen LogP contribution in [0.1, 0.15) is 41.5 Å². The van der Waals surface area contributed by atoms with E-state index in [1.165, 1.54) is 0 Å². The van der Waals surface area contributed by atoms with Crippen molar-refractivity contribution in [1.29, 1.82) is 5.26 Å². The number of hydrogen-bond donors (Lipinski definition) is 1. The average Bonchev–Trinajstić information content (AvgIpc) is 2.14. The summed E-state index contributed by atoms with van der Waals surface area (Å²) in [5, 5.41) is 11.8. The van der Waals surface area contributed by atoms with Gasteiger partial charge >= 0.3 is 6.09 Å². The lowest BCUT2D eigenvalue weighted by Crippen LogP contribution is -2.52. The molecule has 0 heterocycles. The molecule has 0 aliphatic carbocycles. The first-order valence-electron chi connectivity index (χ1n) is 6.09. The average molecular weight is 255 g/mol. The van der Waals surface area contributed by atoms with Crippen molar-refractivity contribution in [3.05, 3.63) is 0 Å². The maximum absolute atomic E-state index is 12.1. The summed E-state index contributed by atoms with van der Waals surface area (Å²) in [7, 11) is 1.70. The molecule has 1 amide bonds. The van der Waals surface area contributed by atoms with Gasteiger partial charge < -0.3 is 15.0 Å². The lowest BCUT2D eigenvalue weighted by atomic mass is 10.1. The van der Waals surface area contributed by atoms with Crippen LogP contribution in [0.3, 0.4) is 0 Å². The number of nitrogens with one attached hydrogen (secondary N) is 1. The topological polar surface area (TPSA) is 65.4 Å². The molecule has 1 N–H and O–H groups in total. The van der Waals surface area contributed by atoms with E-state index in [0.717, 1.165) is 0 Å². The van der Waals surface area contributed by atoms with Crippen molar-refractivity contribution < 1.29 is 9.53 Å². The number of nitrogens with zero attached hydrogens (tertiary/aromatic N) is 2. The first-order chi connectivity index (χ1) is 8.01. The minimum Gasteiger partial charge on any atom is -0.444 e. The Kier molecular flexibility index (Phi) is 5.62. The van der Waals surface area contributed by atoms with Crippen molar-refractivity contribution in [3.8, 4) is 6.07 Å². The molecule has 0 aliphatic heterocycles. The zero-order valence-corrected chi connectivity index (χ0v) is 12.5. The van der Waals surface area contributed by atoms with E-state index in [4.69, 9.17) is 10.00 Å². The van der Waals surface area contributed by atoms with Gasteiger partial charge in [0.1, 0.15) is 11.6 Å². The Morgan fingerprint density at radius 2 is 1.83 bits per heavy atom. The number of rotatable bonds is 3. The van der Waals surface area contributed by atoms with E-state index >= 15 is 0 Å². The van der Waals surface area contributed by atoms with E-state index in [1.54, 1.807) is 11.9 Å². The number of amides is 1. The second kappa shape index (κ2) is 6.05. The highest BCUT2D eigenvalue weighted by Crippen LogP contribution is 2.18. The molecule has 0 aliphatic rings. The molecular formula is C13H25N3O2. The molecule has 5 heteroatoms. The summed E-state index contributed by atoms with van der Waals surface area (Å²) in [6.45, 7) is 11.5. The summed E-state index contributed by atoms with van der Waals surface area (Å²) in [6, 6.07) is 1.71. The van der Waals surface area contributed by atoms with Gasteiger partial charge in [0.2, 0.25) is 0 Å². The molecule has 5 nitrogen and oxygen atoms in total. The Morgan fingerprint density at radius 1 is 1.33 bits per heavy atom. The van der Waals surface area contributed by atoms with E-state index < -0.39 is 23.3 Å². The van der Waals surface area contributed by atoms with Crippen molar-refractivity contribution in [2.24, 2.45) is 0 Å². The monoisotopic (exact) mass is 255 g/mol. The standard InChI is InChI=1S/C13H25N3O2/c1-12(2,3)16(9-10(8-14)15-7)11(17)18-13(4,5)6/h10,15H,9H2,1-7H3. The van der Waals surface area contributed by atoms with Crippen LogP contribution in [0.5, 0.6) is 0 Å². The smallest absolute Gasteiger partial charge is 0.410 e. The summed E-state index contributed by atoms with van der Waals surface area (Å²) < 4.78 is 5.37. The van der Waals surface area contributed by atoms with Gasteiger partial charge in [-0.3, -0.25) is 0 Å². The Labute approximate surface area is 110 Å². The van der Waals surface area contributed by atoms with Crippen molar-refractivity contribution in [2.45, 2.75) is 58.7 Å². The third-order valence-electron chi connectivity index (χ3n) is 2.29. The predicted octanol–water partition coefficient (Wildman–Crippen LogP) is 2.13. The van der Waals surface area contributed by atoms with E-state index in [2.05, 4.69) is 11.4 Å². The number of nitriles is 1. The third kappa shape index (κ3) is 5.87. The lowest BCUT2D eigenvalue weighted by molar-refractivity contribution is 0.00525. The van der Waals surface area contributed by atoms with Crippen molar-refractivity contribution in [3.63, 3.8) is 0 Å². The zero-order valence-electron chi connectivity index (χ0n) is 12.5. The van der Waals surface area contributed by atoms with E-state index in [9.17, 15) is 4.79 Å². The quantitative estimate of drug-likeness (QED) is 0.839. The second-order valence-electron chi connectivity index (χ2n) is 6.23. The second-order valence-corrected chi connectivity index (χ2v) is 6.23. The molecule has 18 heavy (non-hydrogen) atoms. The van der Waals surface area contributed by atoms with Gasteiger partial charge in [-0.05, 0) is 48.6 Å². The van der Waals surface area contributed by atoms with Gasteiger partial charge in [0.15, 0.2) is 0 Å². The number of ether oxygens (including phenoxy) is 1. The fraction of sp³-hybridized carbons (Fsp3) is 0.846. The van der Waals surface area contributed by atoms with Crippen molar-refractivity contribution >= 4 is 6.09 Å². The third-order valence-corrected chi connectivity index (χ3v) is 2.29. The molecule has 0 bridgehead atoms. The van der Waals surface area contributed by atoms with Crippen molar-refractivity contribution in [1.82, 2.24) is 10.2 Å². The first-order valence-corrected chi connectivity index (χ1v) is 6.09. The highest BCUT2D eigenvalue weighted by Gasteiger charge is 2.32. The Morgan fingerprint density at radius 3 is 2.11 bits per heavy atom. The Balaban J connectivity index is 4.92. The molecule has 0 fully saturated rings. The normalized spacial score (nSPS) is 13.7. The number of carbonyl (C=O) groups is 1. The minimum absolute atomic E-state index is 0.297. The molecular weight excluding hydrogens is 230 g/mol. The highest BCUT2D eigenvalue weighted by atomic mass is 16.6. The molecule has 0 spiro atoms. The van der Waals surface area contributed by atoms with Gasteiger partial charge in [0.25, 0.3) is 0 Å². The first kappa shape index (κ1) is 16.7. The van der Waals surface area contributed by atoms with Gasteiger partial charge in [0.05, 0.1) is 12.6 Å². The molecule has 104 valence electrons. The van der Waals surface area contributed by atoms with Gasteiger partial charge in [-0.1, -0.05) is 0 Å². The van der Waals surface area contributed by atoms with Crippen LogP contribution >= 0.6 is 0 Å². The fourth-order valence-corrected chi connectivity index (χ4v) is 1.32. The minimum atomic E-state index is -0.539. The van der Waals surface area contributed by atoms with E-state index in [0.29, 0.717) is 6.54 Å². The van der Waals surface area contributed by atoms with Crippen LogP contribution in [0, 0.1) is 11.3 Å². The van der Waals surface area contributed by atoms with Crippen LogP contribution in [-0.4, -0.2) is 41.8 Å². The van der Waals surface area contributed by atoms with Crippen LogP contribution in [0.15, 0.2) is 0 Å². The number of hydrogen-bond acceptors (Lipinski definition) is 4.